The molecule has 0 N–H and O–H groups in total. The molecule has 0 atom stereocenters. The normalized spacial score (nSPS) is 10.3. The first-order chi connectivity index (χ1) is 7.20. The number of benzene rings is 2. The summed E-state index contributed by atoms with van der Waals surface area (Å²) in [6.45, 7) is 4.25. The standard InChI is InChI=1S/C14H13Cl/c1-10-6-5-8-12(11(10)2)13-7-3-4-9-14(13)15/h3-9H,1-2H3. The summed E-state index contributed by atoms with van der Waals surface area (Å²) in [5.41, 5.74) is 4.93. The Morgan fingerprint density at radius 2 is 1.47 bits per heavy atom. The minimum absolute atomic E-state index is 0.811. The lowest BCUT2D eigenvalue weighted by Crippen LogP contribution is -1.87. The van der Waals surface area contributed by atoms with Crippen molar-refractivity contribution in [2.75, 3.05) is 0 Å². The molecule has 0 aliphatic carbocycles. The van der Waals surface area contributed by atoms with E-state index in [1.807, 2.05) is 18.2 Å². The average Bonchev–Trinajstić information content (AvgIpc) is 2.23. The van der Waals surface area contributed by atoms with Crippen molar-refractivity contribution in [2.45, 2.75) is 13.8 Å². The van der Waals surface area contributed by atoms with Crippen LogP contribution in [0.1, 0.15) is 11.1 Å². The molecule has 0 aliphatic rings. The summed E-state index contributed by atoms with van der Waals surface area (Å²) < 4.78 is 0. The average molecular weight is 217 g/mol. The van der Waals surface area contributed by atoms with Crippen molar-refractivity contribution in [3.05, 3.63) is 58.6 Å². The van der Waals surface area contributed by atoms with E-state index in [1.54, 1.807) is 0 Å². The molecule has 1 heteroatoms. The van der Waals surface area contributed by atoms with Crippen molar-refractivity contribution in [3.8, 4) is 11.1 Å². The van der Waals surface area contributed by atoms with E-state index in [1.165, 1.54) is 16.7 Å². The Bertz CT molecular complexity index is 486. The summed E-state index contributed by atoms with van der Waals surface area (Å²) in [7, 11) is 0. The van der Waals surface area contributed by atoms with Crippen LogP contribution in [0.4, 0.5) is 0 Å². The number of hydrogen-bond donors (Lipinski definition) is 0. The van der Waals surface area contributed by atoms with Gasteiger partial charge < -0.3 is 0 Å². The van der Waals surface area contributed by atoms with Gasteiger partial charge in [-0.3, -0.25) is 0 Å². The molecule has 0 spiro atoms. The molecule has 2 aromatic carbocycles. The summed E-state index contributed by atoms with van der Waals surface area (Å²) in [4.78, 5) is 0. The summed E-state index contributed by atoms with van der Waals surface area (Å²) in [5.74, 6) is 0. The maximum Gasteiger partial charge on any atom is 0.0484 e. The third-order valence-electron chi connectivity index (χ3n) is 2.77. The summed E-state index contributed by atoms with van der Waals surface area (Å²) in [5, 5.41) is 0.811. The topological polar surface area (TPSA) is 0 Å². The molecular weight excluding hydrogens is 204 g/mol. The van der Waals surface area contributed by atoms with Crippen LogP contribution in [0, 0.1) is 13.8 Å². The molecule has 0 nitrogen and oxygen atoms in total. The highest BCUT2D eigenvalue weighted by Crippen LogP contribution is 2.30. The fraction of sp³-hybridized carbons (Fsp3) is 0.143. The van der Waals surface area contributed by atoms with Gasteiger partial charge in [-0.25, -0.2) is 0 Å². The fourth-order valence-electron chi connectivity index (χ4n) is 1.72. The maximum absolute atomic E-state index is 6.18. The Morgan fingerprint density at radius 3 is 2.20 bits per heavy atom. The van der Waals surface area contributed by atoms with Crippen molar-refractivity contribution in [1.82, 2.24) is 0 Å². The molecule has 0 unspecified atom stereocenters. The molecule has 0 saturated carbocycles. The summed E-state index contributed by atoms with van der Waals surface area (Å²) in [6, 6.07) is 14.3. The quantitative estimate of drug-likeness (QED) is 0.652. The molecule has 0 heterocycles. The first-order valence-electron chi connectivity index (χ1n) is 5.01. The monoisotopic (exact) mass is 216 g/mol. The van der Waals surface area contributed by atoms with E-state index in [4.69, 9.17) is 11.6 Å². The Morgan fingerprint density at radius 1 is 0.800 bits per heavy atom. The van der Waals surface area contributed by atoms with Crippen LogP contribution < -0.4 is 0 Å². The van der Waals surface area contributed by atoms with Crippen molar-refractivity contribution in [3.63, 3.8) is 0 Å². The highest BCUT2D eigenvalue weighted by Gasteiger charge is 2.06. The summed E-state index contributed by atoms with van der Waals surface area (Å²) >= 11 is 6.18. The lowest BCUT2D eigenvalue weighted by molar-refractivity contribution is 1.34. The predicted octanol–water partition coefficient (Wildman–Crippen LogP) is 4.62. The maximum atomic E-state index is 6.18. The van der Waals surface area contributed by atoms with Crippen LogP contribution in [0.5, 0.6) is 0 Å². The molecule has 0 aliphatic heterocycles. The van der Waals surface area contributed by atoms with Crippen molar-refractivity contribution < 1.29 is 0 Å². The zero-order chi connectivity index (χ0) is 10.8. The second-order valence-electron chi connectivity index (χ2n) is 3.73. The van der Waals surface area contributed by atoms with E-state index in [0.717, 1.165) is 10.6 Å². The van der Waals surface area contributed by atoms with Crippen LogP contribution in [0.15, 0.2) is 42.5 Å². The first-order valence-corrected chi connectivity index (χ1v) is 5.39. The highest BCUT2D eigenvalue weighted by atomic mass is 35.5. The van der Waals surface area contributed by atoms with Gasteiger partial charge in [0.05, 0.1) is 0 Å². The van der Waals surface area contributed by atoms with Crippen LogP contribution in [0.2, 0.25) is 5.02 Å². The Hall–Kier alpha value is -1.27. The predicted molar refractivity (Wildman–Crippen MR) is 66.4 cm³/mol. The molecule has 2 aromatic rings. The van der Waals surface area contributed by atoms with E-state index >= 15 is 0 Å². The zero-order valence-corrected chi connectivity index (χ0v) is 9.68. The van der Waals surface area contributed by atoms with Gasteiger partial charge in [-0.05, 0) is 36.6 Å². The van der Waals surface area contributed by atoms with Gasteiger partial charge in [0.25, 0.3) is 0 Å². The lowest BCUT2D eigenvalue weighted by Gasteiger charge is -2.09. The molecule has 2 rings (SSSR count). The number of halogens is 1. The number of hydrogen-bond acceptors (Lipinski definition) is 0. The molecule has 0 aromatic heterocycles. The van der Waals surface area contributed by atoms with Gasteiger partial charge in [0.15, 0.2) is 0 Å². The van der Waals surface area contributed by atoms with Gasteiger partial charge in [-0.15, -0.1) is 0 Å². The van der Waals surface area contributed by atoms with Crippen LogP contribution in [-0.4, -0.2) is 0 Å². The van der Waals surface area contributed by atoms with E-state index in [9.17, 15) is 0 Å². The Labute approximate surface area is 95.5 Å². The van der Waals surface area contributed by atoms with Crippen molar-refractivity contribution >= 4 is 11.6 Å². The van der Waals surface area contributed by atoms with E-state index in [0.29, 0.717) is 0 Å². The molecule has 15 heavy (non-hydrogen) atoms. The number of aryl methyl sites for hydroxylation is 1. The van der Waals surface area contributed by atoms with Gasteiger partial charge in [0.1, 0.15) is 0 Å². The van der Waals surface area contributed by atoms with Gasteiger partial charge >= 0.3 is 0 Å². The van der Waals surface area contributed by atoms with Crippen LogP contribution in [-0.2, 0) is 0 Å². The lowest BCUT2D eigenvalue weighted by atomic mass is 9.97. The molecule has 0 saturated heterocycles. The van der Waals surface area contributed by atoms with Crippen molar-refractivity contribution in [2.24, 2.45) is 0 Å². The Kier molecular flexibility index (Phi) is 2.79. The van der Waals surface area contributed by atoms with Gasteiger partial charge in [0.2, 0.25) is 0 Å². The molecule has 0 fully saturated rings. The highest BCUT2D eigenvalue weighted by molar-refractivity contribution is 6.33. The molecule has 0 radical (unpaired) electrons. The van der Waals surface area contributed by atoms with Gasteiger partial charge in [-0.1, -0.05) is 48.0 Å². The molecule has 76 valence electrons. The largest absolute Gasteiger partial charge is 0.0837 e. The van der Waals surface area contributed by atoms with E-state index < -0.39 is 0 Å². The third kappa shape index (κ3) is 1.91. The number of rotatable bonds is 1. The Balaban J connectivity index is 2.65. The minimum Gasteiger partial charge on any atom is -0.0837 e. The van der Waals surface area contributed by atoms with Gasteiger partial charge in [-0.2, -0.15) is 0 Å². The molecule has 0 bridgehead atoms. The van der Waals surface area contributed by atoms with Gasteiger partial charge in [0, 0.05) is 10.6 Å². The fourth-order valence-corrected chi connectivity index (χ4v) is 1.96. The summed E-state index contributed by atoms with van der Waals surface area (Å²) in [6.07, 6.45) is 0. The SMILES string of the molecule is Cc1cccc(-c2ccccc2Cl)c1C. The second kappa shape index (κ2) is 4.08. The van der Waals surface area contributed by atoms with Crippen LogP contribution in [0.25, 0.3) is 11.1 Å². The van der Waals surface area contributed by atoms with Crippen LogP contribution in [0.3, 0.4) is 0 Å². The molecule has 0 amide bonds. The second-order valence-corrected chi connectivity index (χ2v) is 4.13. The zero-order valence-electron chi connectivity index (χ0n) is 8.92. The van der Waals surface area contributed by atoms with Crippen LogP contribution >= 0.6 is 11.6 Å². The van der Waals surface area contributed by atoms with Crippen molar-refractivity contribution in [1.29, 1.82) is 0 Å². The van der Waals surface area contributed by atoms with E-state index in [-0.39, 0.29) is 0 Å². The first kappa shape index (κ1) is 10.3. The van der Waals surface area contributed by atoms with E-state index in [2.05, 4.69) is 38.1 Å². The molecular formula is C14H13Cl. The minimum atomic E-state index is 0.811. The smallest absolute Gasteiger partial charge is 0.0484 e. The third-order valence-corrected chi connectivity index (χ3v) is 3.10.